The molecule has 0 aromatic heterocycles. The Morgan fingerprint density at radius 2 is 1.85 bits per heavy atom. The lowest BCUT2D eigenvalue weighted by atomic mass is 10.1. The Kier molecular flexibility index (Phi) is 8.22. The van der Waals surface area contributed by atoms with Crippen molar-refractivity contribution in [1.29, 1.82) is 0 Å². The zero-order valence-corrected chi connectivity index (χ0v) is 15.9. The molecule has 1 heterocycles. The molecule has 1 saturated heterocycles. The molecule has 0 aliphatic carbocycles. The number of halogens is 3. The van der Waals surface area contributed by atoms with E-state index in [9.17, 15) is 13.2 Å². The number of hydrogen-bond acceptors (Lipinski definition) is 3. The Labute approximate surface area is 158 Å². The molecule has 0 atom stereocenters. The monoisotopic (exact) mass is 387 g/mol. The van der Waals surface area contributed by atoms with Crippen LogP contribution in [0.15, 0.2) is 29.3 Å². The zero-order chi connectivity index (χ0) is 19.7. The van der Waals surface area contributed by atoms with Crippen LogP contribution in [-0.4, -0.2) is 56.1 Å². The first kappa shape index (κ1) is 21.3. The van der Waals surface area contributed by atoms with Gasteiger partial charge in [-0.2, -0.15) is 0 Å². The molecule has 1 aromatic rings. The van der Waals surface area contributed by atoms with Gasteiger partial charge in [0.2, 0.25) is 0 Å². The first-order valence-electron chi connectivity index (χ1n) is 9.40. The molecular formula is C19H28F3N3O2. The number of likely N-dealkylation sites (tertiary alicyclic amines) is 1. The third-order valence-electron chi connectivity index (χ3n) is 4.30. The number of piperidine rings is 1. The lowest BCUT2D eigenvalue weighted by Crippen LogP contribution is -2.47. The molecule has 0 bridgehead atoms. The quantitative estimate of drug-likeness (QED) is 0.574. The van der Waals surface area contributed by atoms with Crippen molar-refractivity contribution in [3.8, 4) is 5.75 Å². The summed E-state index contributed by atoms with van der Waals surface area (Å²) in [6.07, 6.45) is -1.72. The van der Waals surface area contributed by atoms with Gasteiger partial charge in [-0.15, -0.1) is 13.2 Å². The standard InChI is InChI=1S/C19H28F3N3O2/c1-3-23-18(25-13-10-16(11-14-25)26-4-2)24-12-9-15-5-7-17(8-6-15)27-19(20,21)22/h5-8,16H,3-4,9-14H2,1-2H3,(H,23,24). The Morgan fingerprint density at radius 3 is 2.41 bits per heavy atom. The average Bonchev–Trinajstić information content (AvgIpc) is 2.62. The van der Waals surface area contributed by atoms with Crippen LogP contribution < -0.4 is 10.1 Å². The summed E-state index contributed by atoms with van der Waals surface area (Å²) in [5, 5.41) is 3.31. The van der Waals surface area contributed by atoms with Crippen LogP contribution in [-0.2, 0) is 11.2 Å². The van der Waals surface area contributed by atoms with Crippen LogP contribution in [0.4, 0.5) is 13.2 Å². The van der Waals surface area contributed by atoms with E-state index in [-0.39, 0.29) is 5.75 Å². The highest BCUT2D eigenvalue weighted by atomic mass is 19.4. The maximum atomic E-state index is 12.2. The molecule has 1 aliphatic rings. The average molecular weight is 387 g/mol. The summed E-state index contributed by atoms with van der Waals surface area (Å²) in [5.74, 6) is 0.671. The normalized spacial score (nSPS) is 16.5. The third kappa shape index (κ3) is 7.66. The maximum absolute atomic E-state index is 12.2. The van der Waals surface area contributed by atoms with Gasteiger partial charge in [0.1, 0.15) is 5.75 Å². The Hall–Kier alpha value is -1.96. The van der Waals surface area contributed by atoms with Crippen LogP contribution in [0.3, 0.4) is 0 Å². The van der Waals surface area contributed by atoms with E-state index in [1.54, 1.807) is 12.1 Å². The minimum atomic E-state index is -4.66. The van der Waals surface area contributed by atoms with Crippen molar-refractivity contribution in [3.63, 3.8) is 0 Å². The second-order valence-electron chi connectivity index (χ2n) is 6.32. The predicted octanol–water partition coefficient (Wildman–Crippen LogP) is 3.59. The zero-order valence-electron chi connectivity index (χ0n) is 15.9. The fourth-order valence-electron chi connectivity index (χ4n) is 3.04. The van der Waals surface area contributed by atoms with Crippen molar-refractivity contribution in [3.05, 3.63) is 29.8 Å². The molecule has 27 heavy (non-hydrogen) atoms. The van der Waals surface area contributed by atoms with E-state index in [0.717, 1.165) is 50.6 Å². The number of benzene rings is 1. The minimum absolute atomic E-state index is 0.208. The second kappa shape index (κ2) is 10.4. The van der Waals surface area contributed by atoms with E-state index in [1.807, 2.05) is 13.8 Å². The highest BCUT2D eigenvalue weighted by molar-refractivity contribution is 5.80. The summed E-state index contributed by atoms with van der Waals surface area (Å²) >= 11 is 0. The summed E-state index contributed by atoms with van der Waals surface area (Å²) in [7, 11) is 0. The van der Waals surface area contributed by atoms with Crippen molar-refractivity contribution in [2.24, 2.45) is 4.99 Å². The van der Waals surface area contributed by atoms with E-state index < -0.39 is 6.36 Å². The van der Waals surface area contributed by atoms with E-state index in [1.165, 1.54) is 12.1 Å². The number of rotatable bonds is 7. The second-order valence-corrected chi connectivity index (χ2v) is 6.32. The highest BCUT2D eigenvalue weighted by Crippen LogP contribution is 2.22. The molecule has 1 aromatic carbocycles. The Bertz CT molecular complexity index is 583. The van der Waals surface area contributed by atoms with Gasteiger partial charge in [0.25, 0.3) is 0 Å². The summed E-state index contributed by atoms with van der Waals surface area (Å²) < 4.78 is 46.1. The molecule has 2 rings (SSSR count). The van der Waals surface area contributed by atoms with Crippen molar-refractivity contribution in [1.82, 2.24) is 10.2 Å². The highest BCUT2D eigenvalue weighted by Gasteiger charge is 2.30. The van der Waals surface area contributed by atoms with Crippen LogP contribution >= 0.6 is 0 Å². The number of nitrogens with zero attached hydrogens (tertiary/aromatic N) is 2. The van der Waals surface area contributed by atoms with Gasteiger partial charge in [0.15, 0.2) is 5.96 Å². The van der Waals surface area contributed by atoms with E-state index in [2.05, 4.69) is 19.9 Å². The third-order valence-corrected chi connectivity index (χ3v) is 4.30. The van der Waals surface area contributed by atoms with Gasteiger partial charge >= 0.3 is 6.36 Å². The summed E-state index contributed by atoms with van der Waals surface area (Å²) in [6, 6.07) is 5.93. The Morgan fingerprint density at radius 1 is 1.19 bits per heavy atom. The smallest absolute Gasteiger partial charge is 0.406 e. The molecule has 0 spiro atoms. The lowest BCUT2D eigenvalue weighted by Gasteiger charge is -2.34. The number of hydrogen-bond donors (Lipinski definition) is 1. The molecular weight excluding hydrogens is 359 g/mol. The number of guanidine groups is 1. The summed E-state index contributed by atoms with van der Waals surface area (Å²) in [4.78, 5) is 6.90. The minimum Gasteiger partial charge on any atom is -0.406 e. The number of nitrogens with one attached hydrogen (secondary N) is 1. The van der Waals surface area contributed by atoms with E-state index in [0.29, 0.717) is 19.1 Å². The van der Waals surface area contributed by atoms with Crippen molar-refractivity contribution in [2.75, 3.05) is 32.8 Å². The van der Waals surface area contributed by atoms with Crippen molar-refractivity contribution in [2.45, 2.75) is 45.6 Å². The molecule has 1 fully saturated rings. The van der Waals surface area contributed by atoms with E-state index in [4.69, 9.17) is 4.74 Å². The first-order valence-corrected chi connectivity index (χ1v) is 9.40. The molecule has 1 N–H and O–H groups in total. The molecule has 1 aliphatic heterocycles. The topological polar surface area (TPSA) is 46.1 Å². The van der Waals surface area contributed by atoms with Crippen LogP contribution in [0, 0.1) is 0 Å². The first-order chi connectivity index (χ1) is 12.9. The van der Waals surface area contributed by atoms with Gasteiger partial charge in [0, 0.05) is 32.8 Å². The molecule has 152 valence electrons. The molecule has 0 radical (unpaired) electrons. The largest absolute Gasteiger partial charge is 0.573 e. The number of aliphatic imine (C=N–C) groups is 1. The van der Waals surface area contributed by atoms with Crippen LogP contribution in [0.1, 0.15) is 32.3 Å². The van der Waals surface area contributed by atoms with Gasteiger partial charge in [-0.25, -0.2) is 0 Å². The summed E-state index contributed by atoms with van der Waals surface area (Å²) in [6.45, 7) is 7.94. The SMILES string of the molecule is CCNC(=NCCc1ccc(OC(F)(F)F)cc1)N1CCC(OCC)CC1. The summed E-state index contributed by atoms with van der Waals surface area (Å²) in [5.41, 5.74) is 0.916. The van der Waals surface area contributed by atoms with Gasteiger partial charge in [0.05, 0.1) is 6.10 Å². The number of ether oxygens (including phenoxy) is 2. The molecule has 8 heteroatoms. The van der Waals surface area contributed by atoms with E-state index >= 15 is 0 Å². The van der Waals surface area contributed by atoms with Crippen molar-refractivity contribution >= 4 is 5.96 Å². The van der Waals surface area contributed by atoms with Gasteiger partial charge in [-0.3, -0.25) is 4.99 Å². The molecule has 0 unspecified atom stereocenters. The van der Waals surface area contributed by atoms with Crippen molar-refractivity contribution < 1.29 is 22.6 Å². The van der Waals surface area contributed by atoms with Crippen LogP contribution in [0.2, 0.25) is 0 Å². The molecule has 0 amide bonds. The fraction of sp³-hybridized carbons (Fsp3) is 0.632. The van der Waals surface area contributed by atoms with Crippen LogP contribution in [0.5, 0.6) is 5.75 Å². The lowest BCUT2D eigenvalue weighted by molar-refractivity contribution is -0.274. The molecule has 0 saturated carbocycles. The fourth-order valence-corrected chi connectivity index (χ4v) is 3.04. The van der Waals surface area contributed by atoms with Crippen LogP contribution in [0.25, 0.3) is 0 Å². The molecule has 5 nitrogen and oxygen atoms in total. The maximum Gasteiger partial charge on any atom is 0.573 e. The Balaban J connectivity index is 1.86. The van der Waals surface area contributed by atoms with Gasteiger partial charge < -0.3 is 19.7 Å². The van der Waals surface area contributed by atoms with Gasteiger partial charge in [-0.1, -0.05) is 12.1 Å². The van der Waals surface area contributed by atoms with Gasteiger partial charge in [-0.05, 0) is 50.8 Å². The number of alkyl halides is 3. The predicted molar refractivity (Wildman–Crippen MR) is 99.0 cm³/mol.